The molecule has 2 heterocycles. The lowest BCUT2D eigenvalue weighted by Crippen LogP contribution is -2.22. The highest BCUT2D eigenvalue weighted by atomic mass is 32.2. The minimum atomic E-state index is -3.49. The molecule has 0 aliphatic rings. The van der Waals surface area contributed by atoms with Gasteiger partial charge in [0.15, 0.2) is 5.13 Å². The molecule has 0 bridgehead atoms. The first-order chi connectivity index (χ1) is 14.8. The third kappa shape index (κ3) is 4.20. The fourth-order valence-electron chi connectivity index (χ4n) is 3.13. The van der Waals surface area contributed by atoms with E-state index >= 15 is 0 Å². The van der Waals surface area contributed by atoms with Gasteiger partial charge in [0, 0.05) is 36.1 Å². The van der Waals surface area contributed by atoms with Crippen molar-refractivity contribution in [3.8, 4) is 11.3 Å². The maximum atomic E-state index is 12.9. The van der Waals surface area contributed by atoms with E-state index in [0.717, 1.165) is 22.2 Å². The molecular weight excluding hydrogens is 432 g/mol. The Balaban J connectivity index is 1.57. The Kier molecular flexibility index (Phi) is 5.57. The average Bonchev–Trinajstić information content (AvgIpc) is 3.21. The van der Waals surface area contributed by atoms with E-state index in [4.69, 9.17) is 0 Å². The second-order valence-electron chi connectivity index (χ2n) is 7.13. The fraction of sp³-hybridized carbons (Fsp3) is 0.136. The molecule has 0 fully saturated rings. The van der Waals surface area contributed by atoms with E-state index in [9.17, 15) is 13.2 Å². The molecule has 4 aromatic rings. The fourth-order valence-corrected chi connectivity index (χ4v) is 4.75. The lowest BCUT2D eigenvalue weighted by atomic mass is 10.1. The number of hydrogen-bond donors (Lipinski definition) is 1. The zero-order valence-corrected chi connectivity index (χ0v) is 18.8. The number of rotatable bonds is 5. The van der Waals surface area contributed by atoms with Crippen LogP contribution in [0.2, 0.25) is 0 Å². The van der Waals surface area contributed by atoms with Gasteiger partial charge in [-0.05, 0) is 31.2 Å². The maximum Gasteiger partial charge on any atom is 0.258 e. The zero-order chi connectivity index (χ0) is 22.2. The van der Waals surface area contributed by atoms with Crippen molar-refractivity contribution in [3.05, 3.63) is 71.2 Å². The Hall–Kier alpha value is -3.14. The van der Waals surface area contributed by atoms with Crippen molar-refractivity contribution in [3.63, 3.8) is 0 Å². The molecule has 2 aromatic carbocycles. The Labute approximate surface area is 184 Å². The molecular formula is C22H20N4O3S2. The van der Waals surface area contributed by atoms with Gasteiger partial charge in [-0.15, -0.1) is 11.3 Å². The van der Waals surface area contributed by atoms with E-state index in [0.29, 0.717) is 16.4 Å². The highest BCUT2D eigenvalue weighted by Crippen LogP contribution is 2.27. The number of aryl methyl sites for hydroxylation is 1. The van der Waals surface area contributed by atoms with Crippen LogP contribution in [0.5, 0.6) is 0 Å². The second kappa shape index (κ2) is 8.18. The minimum Gasteiger partial charge on any atom is -0.298 e. The van der Waals surface area contributed by atoms with Crippen LogP contribution in [0.4, 0.5) is 5.13 Å². The SMILES string of the molecule is Cc1cc(C(=O)Nc2nc(-c3ccc(S(=O)(=O)N(C)C)cc3)cs2)c2ccccc2n1. The van der Waals surface area contributed by atoms with Crippen molar-refractivity contribution in [2.24, 2.45) is 0 Å². The number of amides is 1. The molecule has 0 saturated heterocycles. The van der Waals surface area contributed by atoms with Crippen molar-refractivity contribution in [1.82, 2.24) is 14.3 Å². The molecule has 0 spiro atoms. The molecule has 2 aromatic heterocycles. The topological polar surface area (TPSA) is 92.3 Å². The van der Waals surface area contributed by atoms with Crippen molar-refractivity contribution < 1.29 is 13.2 Å². The van der Waals surface area contributed by atoms with Gasteiger partial charge < -0.3 is 0 Å². The third-order valence-electron chi connectivity index (χ3n) is 4.74. The Morgan fingerprint density at radius 3 is 2.45 bits per heavy atom. The highest BCUT2D eigenvalue weighted by Gasteiger charge is 2.18. The number of benzene rings is 2. The second-order valence-corrected chi connectivity index (χ2v) is 10.1. The molecule has 0 unspecified atom stereocenters. The Morgan fingerprint density at radius 1 is 1.03 bits per heavy atom. The van der Waals surface area contributed by atoms with Gasteiger partial charge in [-0.1, -0.05) is 30.3 Å². The molecule has 0 radical (unpaired) electrons. The number of aromatic nitrogens is 2. The molecule has 0 aliphatic heterocycles. The van der Waals surface area contributed by atoms with Gasteiger partial charge in [0.1, 0.15) is 0 Å². The lowest BCUT2D eigenvalue weighted by Gasteiger charge is -2.11. The van der Waals surface area contributed by atoms with Crippen molar-refractivity contribution >= 4 is 43.3 Å². The minimum absolute atomic E-state index is 0.213. The molecule has 0 atom stereocenters. The summed E-state index contributed by atoms with van der Waals surface area (Å²) in [4.78, 5) is 22.1. The number of pyridine rings is 1. The monoisotopic (exact) mass is 452 g/mol. The first-order valence-electron chi connectivity index (χ1n) is 9.42. The van der Waals surface area contributed by atoms with Crippen LogP contribution >= 0.6 is 11.3 Å². The molecule has 0 saturated carbocycles. The smallest absolute Gasteiger partial charge is 0.258 e. The quantitative estimate of drug-likeness (QED) is 0.491. The number of nitrogens with one attached hydrogen (secondary N) is 1. The normalized spacial score (nSPS) is 11.7. The maximum absolute atomic E-state index is 12.9. The number of thiazole rings is 1. The van der Waals surface area contributed by atoms with E-state index < -0.39 is 10.0 Å². The van der Waals surface area contributed by atoms with Gasteiger partial charge in [-0.2, -0.15) is 0 Å². The summed E-state index contributed by atoms with van der Waals surface area (Å²) < 4.78 is 25.6. The lowest BCUT2D eigenvalue weighted by molar-refractivity contribution is 0.102. The summed E-state index contributed by atoms with van der Waals surface area (Å²) in [5, 5.41) is 5.92. The van der Waals surface area contributed by atoms with Crippen LogP contribution in [0, 0.1) is 6.92 Å². The molecule has 1 N–H and O–H groups in total. The Morgan fingerprint density at radius 2 is 1.74 bits per heavy atom. The van der Waals surface area contributed by atoms with E-state index in [2.05, 4.69) is 15.3 Å². The van der Waals surface area contributed by atoms with Crippen molar-refractivity contribution in [2.75, 3.05) is 19.4 Å². The van der Waals surface area contributed by atoms with E-state index in [-0.39, 0.29) is 10.8 Å². The summed E-state index contributed by atoms with van der Waals surface area (Å²) in [6.45, 7) is 1.85. The van der Waals surface area contributed by atoms with Gasteiger partial charge in [-0.25, -0.2) is 17.7 Å². The molecule has 1 amide bonds. The summed E-state index contributed by atoms with van der Waals surface area (Å²) in [5.41, 5.74) is 3.49. The van der Waals surface area contributed by atoms with E-state index in [1.807, 2.05) is 36.6 Å². The van der Waals surface area contributed by atoms with Crippen LogP contribution in [0.3, 0.4) is 0 Å². The number of sulfonamides is 1. The predicted octanol–water partition coefficient (Wildman–Crippen LogP) is 4.17. The molecule has 7 nitrogen and oxygen atoms in total. The van der Waals surface area contributed by atoms with Crippen LogP contribution in [-0.4, -0.2) is 42.7 Å². The number of anilines is 1. The van der Waals surface area contributed by atoms with Gasteiger partial charge in [-0.3, -0.25) is 15.1 Å². The number of carbonyl (C=O) groups is 1. The predicted molar refractivity (Wildman–Crippen MR) is 123 cm³/mol. The Bertz CT molecular complexity index is 1380. The van der Waals surface area contributed by atoms with E-state index in [1.165, 1.54) is 29.7 Å². The van der Waals surface area contributed by atoms with Crippen molar-refractivity contribution in [1.29, 1.82) is 0 Å². The van der Waals surface area contributed by atoms with Crippen LogP contribution in [-0.2, 0) is 10.0 Å². The highest BCUT2D eigenvalue weighted by molar-refractivity contribution is 7.89. The summed E-state index contributed by atoms with van der Waals surface area (Å²) >= 11 is 1.31. The molecule has 9 heteroatoms. The number of carbonyl (C=O) groups excluding carboxylic acids is 1. The van der Waals surface area contributed by atoms with Gasteiger partial charge in [0.25, 0.3) is 5.91 Å². The van der Waals surface area contributed by atoms with E-state index in [1.54, 1.807) is 30.3 Å². The third-order valence-corrected chi connectivity index (χ3v) is 7.33. The molecule has 31 heavy (non-hydrogen) atoms. The molecule has 0 aliphatic carbocycles. The number of hydrogen-bond acceptors (Lipinski definition) is 6. The van der Waals surface area contributed by atoms with Crippen LogP contribution in [0.15, 0.2) is 64.9 Å². The van der Waals surface area contributed by atoms with Crippen molar-refractivity contribution in [2.45, 2.75) is 11.8 Å². The van der Waals surface area contributed by atoms with Crippen LogP contribution < -0.4 is 5.32 Å². The standard InChI is InChI=1S/C22H20N4O3S2/c1-14-12-18(17-6-4-5-7-19(17)23-14)21(27)25-22-24-20(13-30-22)15-8-10-16(11-9-15)31(28,29)26(2)3/h4-13H,1-3H3,(H,24,25,27). The van der Waals surface area contributed by atoms with Crippen LogP contribution in [0.25, 0.3) is 22.2 Å². The molecule has 158 valence electrons. The van der Waals surface area contributed by atoms with Gasteiger partial charge >= 0.3 is 0 Å². The summed E-state index contributed by atoms with van der Waals surface area (Å²) in [6.07, 6.45) is 0. The molecule has 4 rings (SSSR count). The van der Waals surface area contributed by atoms with Crippen LogP contribution in [0.1, 0.15) is 16.1 Å². The number of nitrogens with zero attached hydrogens (tertiary/aromatic N) is 3. The van der Waals surface area contributed by atoms with Gasteiger partial charge in [0.05, 0.1) is 21.7 Å². The summed E-state index contributed by atoms with van der Waals surface area (Å²) in [7, 11) is -0.501. The largest absolute Gasteiger partial charge is 0.298 e. The average molecular weight is 453 g/mol. The summed E-state index contributed by atoms with van der Waals surface area (Å²) in [5.74, 6) is -0.255. The number of para-hydroxylation sites is 1. The first kappa shape index (κ1) is 21.1. The number of fused-ring (bicyclic) bond motifs is 1. The summed E-state index contributed by atoms with van der Waals surface area (Å²) in [6, 6.07) is 15.8. The first-order valence-corrected chi connectivity index (χ1v) is 11.7. The zero-order valence-electron chi connectivity index (χ0n) is 17.2. The van der Waals surface area contributed by atoms with Gasteiger partial charge in [0.2, 0.25) is 10.0 Å².